The molecule has 0 aliphatic carbocycles. The van der Waals surface area contributed by atoms with Crippen LogP contribution in [-0.4, -0.2) is 31.7 Å². The third kappa shape index (κ3) is 5.23. The Bertz CT molecular complexity index is 961. The molecule has 28 heavy (non-hydrogen) atoms. The van der Waals surface area contributed by atoms with E-state index in [-0.39, 0.29) is 12.5 Å². The highest BCUT2D eigenvalue weighted by Gasteiger charge is 2.29. The number of carbonyl (C=O) groups is 1. The SMILES string of the molecule is CC1CCN(S(=O)(=O)c2ccc(CNC(=O)/C=C/c3ccccc3Cl)s2)CC1. The highest BCUT2D eigenvalue weighted by Crippen LogP contribution is 2.28. The van der Waals surface area contributed by atoms with E-state index < -0.39 is 10.0 Å². The van der Waals surface area contributed by atoms with Crippen molar-refractivity contribution < 1.29 is 13.2 Å². The third-order valence-electron chi connectivity index (χ3n) is 4.73. The van der Waals surface area contributed by atoms with Crippen LogP contribution in [0.4, 0.5) is 0 Å². The van der Waals surface area contributed by atoms with Crippen molar-refractivity contribution in [3.05, 3.63) is 57.9 Å². The lowest BCUT2D eigenvalue weighted by molar-refractivity contribution is -0.116. The molecule has 1 saturated heterocycles. The molecule has 1 aromatic heterocycles. The first-order chi connectivity index (χ1) is 13.4. The van der Waals surface area contributed by atoms with Crippen LogP contribution in [-0.2, 0) is 21.4 Å². The number of rotatable bonds is 6. The van der Waals surface area contributed by atoms with Gasteiger partial charge >= 0.3 is 0 Å². The minimum Gasteiger partial charge on any atom is -0.348 e. The second-order valence-corrected chi connectivity index (χ2v) is 10.6. The van der Waals surface area contributed by atoms with E-state index in [2.05, 4.69) is 12.2 Å². The maximum absolute atomic E-state index is 12.8. The Labute approximate surface area is 175 Å². The molecule has 5 nitrogen and oxygen atoms in total. The molecule has 1 aliphatic heterocycles. The molecule has 150 valence electrons. The van der Waals surface area contributed by atoms with Gasteiger partial charge < -0.3 is 5.32 Å². The summed E-state index contributed by atoms with van der Waals surface area (Å²) in [4.78, 5) is 12.8. The lowest BCUT2D eigenvalue weighted by atomic mass is 10.0. The molecule has 1 N–H and O–H groups in total. The molecule has 2 heterocycles. The van der Waals surface area contributed by atoms with Crippen molar-refractivity contribution >= 4 is 44.9 Å². The molecule has 1 aromatic carbocycles. The summed E-state index contributed by atoms with van der Waals surface area (Å²) in [5.41, 5.74) is 0.764. The Kier molecular flexibility index (Phi) is 6.93. The molecule has 0 bridgehead atoms. The normalized spacial score (nSPS) is 16.5. The summed E-state index contributed by atoms with van der Waals surface area (Å²) in [5, 5.41) is 3.35. The highest BCUT2D eigenvalue weighted by atomic mass is 35.5. The van der Waals surface area contributed by atoms with Gasteiger partial charge in [0.1, 0.15) is 4.21 Å². The van der Waals surface area contributed by atoms with Crippen molar-refractivity contribution in [2.24, 2.45) is 5.92 Å². The molecule has 0 atom stereocenters. The molecule has 0 unspecified atom stereocenters. The molecule has 3 rings (SSSR count). The zero-order valence-electron chi connectivity index (χ0n) is 15.6. The van der Waals surface area contributed by atoms with Crippen molar-refractivity contribution in [2.75, 3.05) is 13.1 Å². The van der Waals surface area contributed by atoms with E-state index in [1.807, 2.05) is 18.2 Å². The summed E-state index contributed by atoms with van der Waals surface area (Å²) in [7, 11) is -3.44. The summed E-state index contributed by atoms with van der Waals surface area (Å²) in [6.07, 6.45) is 4.86. The quantitative estimate of drug-likeness (QED) is 0.689. The average molecular weight is 439 g/mol. The first-order valence-corrected chi connectivity index (χ1v) is 11.8. The van der Waals surface area contributed by atoms with Crippen molar-refractivity contribution in [1.82, 2.24) is 9.62 Å². The van der Waals surface area contributed by atoms with E-state index in [0.29, 0.717) is 28.2 Å². The van der Waals surface area contributed by atoms with E-state index in [0.717, 1.165) is 23.3 Å². The van der Waals surface area contributed by atoms with Crippen molar-refractivity contribution in [2.45, 2.75) is 30.5 Å². The van der Waals surface area contributed by atoms with E-state index in [1.165, 1.54) is 17.4 Å². The molecular formula is C20H23ClN2O3S2. The van der Waals surface area contributed by atoms with Gasteiger partial charge in [-0.25, -0.2) is 8.42 Å². The molecular weight excluding hydrogens is 416 g/mol. The number of benzene rings is 1. The second kappa shape index (κ2) is 9.22. The smallest absolute Gasteiger partial charge is 0.252 e. The summed E-state index contributed by atoms with van der Waals surface area (Å²) in [5.74, 6) is 0.308. The first-order valence-electron chi connectivity index (χ1n) is 9.15. The number of amides is 1. The van der Waals surface area contributed by atoms with Crippen molar-refractivity contribution in [1.29, 1.82) is 0 Å². The largest absolute Gasteiger partial charge is 0.348 e. The van der Waals surface area contributed by atoms with Crippen LogP contribution in [0.1, 0.15) is 30.2 Å². The Balaban J connectivity index is 1.57. The number of thiophene rings is 1. The predicted molar refractivity (Wildman–Crippen MR) is 114 cm³/mol. The first kappa shape index (κ1) is 21.0. The number of nitrogens with zero attached hydrogens (tertiary/aromatic N) is 1. The predicted octanol–water partition coefficient (Wildman–Crippen LogP) is 4.15. The maximum atomic E-state index is 12.8. The van der Waals surface area contributed by atoms with Crippen molar-refractivity contribution in [3.8, 4) is 0 Å². The Morgan fingerprint density at radius 1 is 1.25 bits per heavy atom. The van der Waals surface area contributed by atoms with Crippen LogP contribution >= 0.6 is 22.9 Å². The van der Waals surface area contributed by atoms with Crippen molar-refractivity contribution in [3.63, 3.8) is 0 Å². The maximum Gasteiger partial charge on any atom is 0.252 e. The van der Waals surface area contributed by atoms with Gasteiger partial charge in [-0.2, -0.15) is 4.31 Å². The lowest BCUT2D eigenvalue weighted by Crippen LogP contribution is -2.37. The van der Waals surface area contributed by atoms with E-state index in [4.69, 9.17) is 11.6 Å². The van der Waals surface area contributed by atoms with Crippen LogP contribution in [0.2, 0.25) is 5.02 Å². The van der Waals surface area contributed by atoms with Crippen LogP contribution in [0.25, 0.3) is 6.08 Å². The van der Waals surface area contributed by atoms with Crippen LogP contribution < -0.4 is 5.32 Å². The molecule has 1 aliphatic rings. The average Bonchev–Trinajstić information content (AvgIpc) is 3.16. The molecule has 2 aromatic rings. The van der Waals surface area contributed by atoms with E-state index >= 15 is 0 Å². The van der Waals surface area contributed by atoms with Crippen LogP contribution in [0, 0.1) is 5.92 Å². The zero-order chi connectivity index (χ0) is 20.1. The topological polar surface area (TPSA) is 66.5 Å². The number of hydrogen-bond acceptors (Lipinski definition) is 4. The highest BCUT2D eigenvalue weighted by molar-refractivity contribution is 7.91. The fourth-order valence-electron chi connectivity index (χ4n) is 2.95. The summed E-state index contributed by atoms with van der Waals surface area (Å²) >= 11 is 7.26. The number of nitrogens with one attached hydrogen (secondary N) is 1. The Morgan fingerprint density at radius 2 is 1.96 bits per heavy atom. The standard InChI is InChI=1S/C20H23ClN2O3S2/c1-15-10-12-23(13-11-15)28(25,26)20-9-7-17(27-20)14-22-19(24)8-6-16-4-2-3-5-18(16)21/h2-9,15H,10-14H2,1H3,(H,22,24)/b8-6+. The number of hydrogen-bond donors (Lipinski definition) is 1. The minimum absolute atomic E-state index is 0.261. The molecule has 0 saturated carbocycles. The number of halogens is 1. The van der Waals surface area contributed by atoms with Crippen LogP contribution in [0.15, 0.2) is 46.7 Å². The number of piperidine rings is 1. The van der Waals surface area contributed by atoms with Gasteiger partial charge in [0.15, 0.2) is 0 Å². The molecule has 1 amide bonds. The number of sulfonamides is 1. The summed E-state index contributed by atoms with van der Waals surface area (Å²) in [6.45, 7) is 3.57. The third-order valence-corrected chi connectivity index (χ3v) is 8.53. The van der Waals surface area contributed by atoms with Crippen LogP contribution in [0.5, 0.6) is 0 Å². The summed E-state index contributed by atoms with van der Waals surface area (Å²) in [6, 6.07) is 10.6. The molecule has 0 spiro atoms. The zero-order valence-corrected chi connectivity index (χ0v) is 18.0. The summed E-state index contributed by atoms with van der Waals surface area (Å²) < 4.78 is 27.4. The fraction of sp³-hybridized carbons (Fsp3) is 0.350. The van der Waals surface area contributed by atoms with Gasteiger partial charge in [0, 0.05) is 29.1 Å². The molecule has 0 radical (unpaired) electrons. The lowest BCUT2D eigenvalue weighted by Gasteiger charge is -2.28. The van der Waals surface area contributed by atoms with Gasteiger partial charge in [-0.05, 0) is 48.6 Å². The van der Waals surface area contributed by atoms with Crippen LogP contribution in [0.3, 0.4) is 0 Å². The molecule has 1 fully saturated rings. The van der Waals surface area contributed by atoms with E-state index in [9.17, 15) is 13.2 Å². The van der Waals surface area contributed by atoms with E-state index in [1.54, 1.807) is 28.6 Å². The van der Waals surface area contributed by atoms with Gasteiger partial charge in [-0.3, -0.25) is 4.79 Å². The number of carbonyl (C=O) groups excluding carboxylic acids is 1. The van der Waals surface area contributed by atoms with Gasteiger partial charge in [0.2, 0.25) is 5.91 Å². The van der Waals surface area contributed by atoms with Gasteiger partial charge in [0.05, 0.1) is 6.54 Å². The van der Waals surface area contributed by atoms with Gasteiger partial charge in [-0.1, -0.05) is 36.7 Å². The Hall–Kier alpha value is -1.67. The minimum atomic E-state index is -3.44. The fourth-order valence-corrected chi connectivity index (χ4v) is 6.07. The molecule has 8 heteroatoms. The van der Waals surface area contributed by atoms with Gasteiger partial charge in [0.25, 0.3) is 10.0 Å². The van der Waals surface area contributed by atoms with Gasteiger partial charge in [-0.15, -0.1) is 11.3 Å². The Morgan fingerprint density at radius 3 is 2.68 bits per heavy atom. The second-order valence-electron chi connectivity index (χ2n) is 6.88. The monoisotopic (exact) mass is 438 g/mol.